The maximum atomic E-state index is 12.9. The molecule has 3 aliphatic rings. The van der Waals surface area contributed by atoms with E-state index in [-0.39, 0.29) is 64.8 Å². The number of ketones is 1. The molecule has 3 heterocycles. The fourth-order valence-electron chi connectivity index (χ4n) is 6.88. The third-order valence-electron chi connectivity index (χ3n) is 10.1. The minimum Gasteiger partial charge on any atom is -0.444 e. The predicted octanol–water partition coefficient (Wildman–Crippen LogP) is 12.7. The number of carbonyl (C=O) groups is 3. The van der Waals surface area contributed by atoms with E-state index < -0.39 is 18.8 Å². The standard InChI is InChI=1S/C17H22FNO2.C12H16FN.C11H16FO3P.C10H17NO3.2CH4.B/c1-17(2,3)21-16(20)19-10-8-14(9-11-19)12-13-4-6-15(18)7-5-13;13-12-3-1-10(2-4-12)9-11-5-7-14-8-6-11;1-3-14-16(13,15-4-2)9-10-5-7-11(12)8-6-10;1-10(2,3)14-9(13)11-6-4-8(12)5-7-11;;;/h4-7,12H,8-11H2,1-3H3;1-4,11,14H,5-9H2;5-8H,3-4,9H2,1-2H3;4-7H2,1-3H3;2*1H4;. The zero-order chi connectivity index (χ0) is 48.0. The molecular weight excluding hydrogens is 893 g/mol. The van der Waals surface area contributed by atoms with Gasteiger partial charge < -0.3 is 33.6 Å². The van der Waals surface area contributed by atoms with E-state index in [1.807, 2.05) is 53.7 Å². The molecule has 0 aromatic heterocycles. The first-order chi connectivity index (χ1) is 30.7. The molecule has 3 radical (unpaired) electrons. The van der Waals surface area contributed by atoms with E-state index in [2.05, 4.69) is 11.4 Å². The Kier molecular flexibility index (Phi) is 29.6. The molecule has 379 valence electrons. The number of carbonyl (C=O) groups excluding carboxylic acids is 3. The van der Waals surface area contributed by atoms with Crippen LogP contribution in [0, 0.1) is 23.4 Å². The van der Waals surface area contributed by atoms with E-state index >= 15 is 0 Å². The second-order valence-electron chi connectivity index (χ2n) is 18.1. The van der Waals surface area contributed by atoms with Gasteiger partial charge in [0.25, 0.3) is 0 Å². The molecule has 3 fully saturated rings. The number of rotatable bonds is 9. The average molecular weight is 973 g/mol. The smallest absolute Gasteiger partial charge is 0.410 e. The van der Waals surface area contributed by atoms with E-state index in [1.165, 1.54) is 48.2 Å². The van der Waals surface area contributed by atoms with Crippen molar-refractivity contribution in [3.05, 3.63) is 113 Å². The van der Waals surface area contributed by atoms with Gasteiger partial charge in [-0.1, -0.05) is 62.9 Å². The van der Waals surface area contributed by atoms with E-state index in [1.54, 1.807) is 60.0 Å². The van der Waals surface area contributed by atoms with Gasteiger partial charge >= 0.3 is 19.8 Å². The van der Waals surface area contributed by atoms with Crippen LogP contribution in [0.5, 0.6) is 0 Å². The van der Waals surface area contributed by atoms with Crippen LogP contribution < -0.4 is 5.32 Å². The molecule has 0 aliphatic carbocycles. The first kappa shape index (κ1) is 63.6. The number of piperidine rings is 3. The summed E-state index contributed by atoms with van der Waals surface area (Å²) in [4.78, 5) is 37.7. The summed E-state index contributed by atoms with van der Waals surface area (Å²) < 4.78 is 71.2. The summed E-state index contributed by atoms with van der Waals surface area (Å²) in [5.41, 5.74) is 3.36. The van der Waals surface area contributed by atoms with Gasteiger partial charge in [0.1, 0.15) is 34.4 Å². The number of likely N-dealkylation sites (tertiary alicyclic amines) is 2. The summed E-state index contributed by atoms with van der Waals surface area (Å²) in [6.07, 6.45) is 7.86. The number of amides is 2. The van der Waals surface area contributed by atoms with E-state index in [0.717, 1.165) is 49.4 Å². The highest BCUT2D eigenvalue weighted by Crippen LogP contribution is 2.51. The van der Waals surface area contributed by atoms with E-state index in [9.17, 15) is 32.1 Å². The predicted molar refractivity (Wildman–Crippen MR) is 269 cm³/mol. The fraction of sp³-hybridized carbons (Fsp3) is 0.558. The highest BCUT2D eigenvalue weighted by molar-refractivity contribution is 7.53. The van der Waals surface area contributed by atoms with Gasteiger partial charge in [-0.15, -0.1) is 0 Å². The number of nitrogens with zero attached hydrogens (tertiary/aromatic N) is 2. The van der Waals surface area contributed by atoms with Gasteiger partial charge in [-0.25, -0.2) is 22.8 Å². The van der Waals surface area contributed by atoms with Crippen molar-refractivity contribution in [1.29, 1.82) is 0 Å². The maximum absolute atomic E-state index is 12.9. The van der Waals surface area contributed by atoms with Crippen molar-refractivity contribution in [2.24, 2.45) is 5.92 Å². The maximum Gasteiger partial charge on any atom is 0.410 e. The van der Waals surface area contributed by atoms with Gasteiger partial charge in [0.15, 0.2) is 0 Å². The fourth-order valence-corrected chi connectivity index (χ4v) is 8.58. The SMILES string of the molecule is C.C.CC(C)(C)OC(=O)N1CCC(=Cc2ccc(F)cc2)CC1.CC(C)(C)OC(=O)N1CCC(=O)CC1.CCOP(=O)(Cc1ccc(F)cc1)OCC.Fc1ccc(CC2CCNCC2)cc1.[B]. The van der Waals surface area contributed by atoms with Crippen LogP contribution in [0.4, 0.5) is 22.8 Å². The zero-order valence-corrected chi connectivity index (χ0v) is 41.1. The van der Waals surface area contributed by atoms with Crippen LogP contribution in [-0.2, 0) is 40.5 Å². The highest BCUT2D eigenvalue weighted by Gasteiger charge is 2.27. The number of Topliss-reactive ketones (excluding diaryl/α,β-unsaturated/α-hetero) is 1. The molecule has 68 heavy (non-hydrogen) atoms. The number of benzene rings is 3. The Balaban J connectivity index is 0.000000880. The number of hydrogen-bond acceptors (Lipinski definition) is 9. The molecule has 3 aromatic rings. The van der Waals surface area contributed by atoms with Gasteiger partial charge in [-0.2, -0.15) is 0 Å². The van der Waals surface area contributed by atoms with Crippen LogP contribution in [0.25, 0.3) is 6.08 Å². The van der Waals surface area contributed by atoms with Crippen molar-refractivity contribution in [2.75, 3.05) is 52.5 Å². The number of halogens is 3. The van der Waals surface area contributed by atoms with Gasteiger partial charge in [0.05, 0.1) is 19.4 Å². The zero-order valence-electron chi connectivity index (χ0n) is 40.2. The second-order valence-corrected chi connectivity index (χ2v) is 20.1. The van der Waals surface area contributed by atoms with Crippen molar-refractivity contribution >= 4 is 40.1 Å². The van der Waals surface area contributed by atoms with Crippen molar-refractivity contribution in [2.45, 2.75) is 133 Å². The summed E-state index contributed by atoms with van der Waals surface area (Å²) in [5, 5.41) is 3.35. The molecule has 3 saturated heterocycles. The monoisotopic (exact) mass is 973 g/mol. The molecule has 0 atom stereocenters. The van der Waals surface area contributed by atoms with E-state index in [0.29, 0.717) is 52.2 Å². The molecule has 3 aromatic carbocycles. The minimum atomic E-state index is -3.08. The Morgan fingerprint density at radius 2 is 1.04 bits per heavy atom. The summed E-state index contributed by atoms with van der Waals surface area (Å²) >= 11 is 0. The first-order valence-electron chi connectivity index (χ1n) is 22.7. The molecule has 2 amide bonds. The van der Waals surface area contributed by atoms with Crippen LogP contribution in [0.1, 0.15) is 125 Å². The quantitative estimate of drug-likeness (QED) is 0.165. The number of nitrogens with one attached hydrogen (secondary N) is 1. The lowest BCUT2D eigenvalue weighted by molar-refractivity contribution is -0.121. The van der Waals surface area contributed by atoms with Crippen molar-refractivity contribution in [1.82, 2.24) is 15.1 Å². The molecule has 16 heteroatoms. The molecule has 6 rings (SSSR count). The van der Waals surface area contributed by atoms with Gasteiger partial charge in [0.2, 0.25) is 0 Å². The van der Waals surface area contributed by atoms with Crippen LogP contribution in [0.15, 0.2) is 78.4 Å². The Morgan fingerprint density at radius 1 is 0.662 bits per heavy atom. The van der Waals surface area contributed by atoms with Crippen LogP contribution in [0.3, 0.4) is 0 Å². The number of ether oxygens (including phenoxy) is 2. The molecule has 0 spiro atoms. The Morgan fingerprint density at radius 3 is 1.44 bits per heavy atom. The molecule has 0 saturated carbocycles. The average Bonchev–Trinajstić information content (AvgIpc) is 3.24. The molecule has 0 bridgehead atoms. The topological polar surface area (TPSA) is 124 Å². The second kappa shape index (κ2) is 31.7. The molecule has 1 N–H and O–H groups in total. The molecule has 11 nitrogen and oxygen atoms in total. The first-order valence-corrected chi connectivity index (χ1v) is 24.4. The summed E-state index contributed by atoms with van der Waals surface area (Å²) in [6.45, 7) is 19.9. The molecule has 0 unspecified atom stereocenters. The summed E-state index contributed by atoms with van der Waals surface area (Å²) in [6, 6.07) is 19.2. The Hall–Kier alpha value is -4.43. The summed E-state index contributed by atoms with van der Waals surface area (Å²) in [5.74, 6) is 0.328. The molecular formula is C52H79BF3N3O8P. The normalized spacial score (nSPS) is 15.2. The third kappa shape index (κ3) is 26.4. The van der Waals surface area contributed by atoms with Crippen molar-refractivity contribution < 1.29 is 50.6 Å². The largest absolute Gasteiger partial charge is 0.444 e. The Bertz CT molecular complexity index is 1960. The van der Waals surface area contributed by atoms with Crippen LogP contribution in [-0.4, -0.2) is 99.9 Å². The van der Waals surface area contributed by atoms with Gasteiger partial charge in [0, 0.05) is 47.4 Å². The van der Waals surface area contributed by atoms with Crippen LogP contribution in [0.2, 0.25) is 0 Å². The Labute approximate surface area is 408 Å². The molecule has 3 aliphatic heterocycles. The third-order valence-corrected chi connectivity index (χ3v) is 12.2. The minimum absolute atomic E-state index is 0. The van der Waals surface area contributed by atoms with Gasteiger partial charge in [-0.05, 0) is 160 Å². The lowest BCUT2D eigenvalue weighted by Crippen LogP contribution is -2.41. The van der Waals surface area contributed by atoms with Gasteiger partial charge in [-0.3, -0.25) is 9.36 Å². The van der Waals surface area contributed by atoms with Crippen molar-refractivity contribution in [3.63, 3.8) is 0 Å². The lowest BCUT2D eigenvalue weighted by Gasteiger charge is -2.31. The number of hydrogen-bond donors (Lipinski definition) is 1. The lowest BCUT2D eigenvalue weighted by atomic mass is 9.91. The summed E-state index contributed by atoms with van der Waals surface area (Å²) in [7, 11) is -3.08. The van der Waals surface area contributed by atoms with Crippen molar-refractivity contribution in [3.8, 4) is 0 Å². The van der Waals surface area contributed by atoms with E-state index in [4.69, 9.17) is 18.5 Å². The highest BCUT2D eigenvalue weighted by atomic mass is 31.2. The van der Waals surface area contributed by atoms with Crippen LogP contribution >= 0.6 is 7.60 Å².